The molecule has 1 spiro atoms. The topological polar surface area (TPSA) is 85.0 Å². The Balaban J connectivity index is 1.46. The Morgan fingerprint density at radius 3 is 2.28 bits per heavy atom. The lowest BCUT2D eigenvalue weighted by Crippen LogP contribution is -2.58. The summed E-state index contributed by atoms with van der Waals surface area (Å²) >= 11 is 0. The van der Waals surface area contributed by atoms with Crippen LogP contribution in [0.3, 0.4) is 0 Å². The summed E-state index contributed by atoms with van der Waals surface area (Å²) in [4.78, 5) is 44.9. The first kappa shape index (κ1) is 25.5. The van der Waals surface area contributed by atoms with Crippen molar-refractivity contribution >= 4 is 23.5 Å². The standard InChI is InChI=1S/C28H37N5O3/c1-3-4-17-29-27(36)31-18-15-28(16-19-31)26(35)32(21-33(28)24-13-9-6-10-14-24)20-25(34)30-22(2)23-11-7-5-8-12-23/h5-14,22H,3-4,15-21H2,1-2H3,(H,29,36)(H,30,34)/t22-/m0/s1. The number of para-hydroxylation sites is 1. The minimum atomic E-state index is -0.757. The van der Waals surface area contributed by atoms with Crippen molar-refractivity contribution in [2.24, 2.45) is 0 Å². The summed E-state index contributed by atoms with van der Waals surface area (Å²) in [6, 6.07) is 19.4. The van der Waals surface area contributed by atoms with E-state index in [1.807, 2.05) is 67.6 Å². The van der Waals surface area contributed by atoms with Crippen molar-refractivity contribution < 1.29 is 14.4 Å². The number of amides is 4. The Bertz CT molecular complexity index is 1040. The lowest BCUT2D eigenvalue weighted by molar-refractivity contribution is -0.137. The molecule has 2 aliphatic rings. The maximum atomic E-state index is 13.8. The number of hydrogen-bond acceptors (Lipinski definition) is 4. The van der Waals surface area contributed by atoms with Gasteiger partial charge in [0.15, 0.2) is 0 Å². The fourth-order valence-electron chi connectivity index (χ4n) is 5.17. The molecule has 0 saturated carbocycles. The molecule has 2 aromatic carbocycles. The highest BCUT2D eigenvalue weighted by atomic mass is 16.2. The Hall–Kier alpha value is -3.55. The number of nitrogens with one attached hydrogen (secondary N) is 2. The number of anilines is 1. The average Bonchev–Trinajstić information content (AvgIpc) is 3.16. The largest absolute Gasteiger partial charge is 0.348 e. The first-order valence-electron chi connectivity index (χ1n) is 12.9. The van der Waals surface area contributed by atoms with Crippen molar-refractivity contribution in [1.29, 1.82) is 0 Å². The molecule has 36 heavy (non-hydrogen) atoms. The molecule has 4 rings (SSSR count). The number of unbranched alkanes of at least 4 members (excludes halogenated alkanes) is 1. The van der Waals surface area contributed by atoms with Crippen LogP contribution in [0.25, 0.3) is 0 Å². The average molecular weight is 492 g/mol. The van der Waals surface area contributed by atoms with Crippen molar-refractivity contribution in [3.8, 4) is 0 Å². The van der Waals surface area contributed by atoms with Crippen LogP contribution in [0.15, 0.2) is 60.7 Å². The Kier molecular flexibility index (Phi) is 8.13. The second-order valence-electron chi connectivity index (χ2n) is 9.71. The van der Waals surface area contributed by atoms with E-state index in [-0.39, 0.29) is 30.4 Å². The molecule has 0 aromatic heterocycles. The maximum Gasteiger partial charge on any atom is 0.317 e. The summed E-state index contributed by atoms with van der Waals surface area (Å²) in [6.45, 7) is 6.04. The minimum absolute atomic E-state index is 0.00229. The van der Waals surface area contributed by atoms with Gasteiger partial charge < -0.3 is 25.3 Å². The van der Waals surface area contributed by atoms with E-state index in [4.69, 9.17) is 0 Å². The van der Waals surface area contributed by atoms with Crippen LogP contribution in [0.2, 0.25) is 0 Å². The van der Waals surface area contributed by atoms with Crippen LogP contribution in [0.1, 0.15) is 51.1 Å². The third-order valence-electron chi connectivity index (χ3n) is 7.28. The number of nitrogens with zero attached hydrogens (tertiary/aromatic N) is 3. The lowest BCUT2D eigenvalue weighted by Gasteiger charge is -2.43. The van der Waals surface area contributed by atoms with E-state index in [9.17, 15) is 14.4 Å². The molecule has 2 N–H and O–H groups in total. The van der Waals surface area contributed by atoms with Gasteiger partial charge in [0.1, 0.15) is 12.1 Å². The molecule has 8 heteroatoms. The molecule has 2 fully saturated rings. The molecule has 2 aliphatic heterocycles. The van der Waals surface area contributed by atoms with Gasteiger partial charge >= 0.3 is 6.03 Å². The van der Waals surface area contributed by atoms with Crippen LogP contribution in [-0.2, 0) is 9.59 Å². The summed E-state index contributed by atoms with van der Waals surface area (Å²) in [7, 11) is 0. The van der Waals surface area contributed by atoms with Gasteiger partial charge in [-0.3, -0.25) is 9.59 Å². The smallest absolute Gasteiger partial charge is 0.317 e. The Morgan fingerprint density at radius 2 is 1.64 bits per heavy atom. The molecule has 0 radical (unpaired) electrons. The van der Waals surface area contributed by atoms with Gasteiger partial charge in [0, 0.05) is 25.3 Å². The number of carbonyl (C=O) groups excluding carboxylic acids is 3. The number of rotatable bonds is 8. The monoisotopic (exact) mass is 491 g/mol. The van der Waals surface area contributed by atoms with Crippen LogP contribution in [0.4, 0.5) is 10.5 Å². The van der Waals surface area contributed by atoms with Gasteiger partial charge in [-0.25, -0.2) is 4.79 Å². The van der Waals surface area contributed by atoms with E-state index in [1.165, 1.54) is 0 Å². The molecule has 192 valence electrons. The van der Waals surface area contributed by atoms with Crippen molar-refractivity contribution in [1.82, 2.24) is 20.4 Å². The predicted octanol–water partition coefficient (Wildman–Crippen LogP) is 3.51. The van der Waals surface area contributed by atoms with E-state index in [2.05, 4.69) is 22.5 Å². The zero-order valence-corrected chi connectivity index (χ0v) is 21.3. The number of urea groups is 1. The third-order valence-corrected chi connectivity index (χ3v) is 7.28. The number of piperidine rings is 1. The van der Waals surface area contributed by atoms with Gasteiger partial charge in [0.05, 0.1) is 12.7 Å². The summed E-state index contributed by atoms with van der Waals surface area (Å²) in [5, 5.41) is 6.00. The van der Waals surface area contributed by atoms with Gasteiger partial charge in [-0.2, -0.15) is 0 Å². The molecule has 0 bridgehead atoms. The van der Waals surface area contributed by atoms with E-state index in [1.54, 1.807) is 9.80 Å². The number of benzene rings is 2. The van der Waals surface area contributed by atoms with Gasteiger partial charge in [0.2, 0.25) is 5.91 Å². The third kappa shape index (κ3) is 5.48. The van der Waals surface area contributed by atoms with Crippen molar-refractivity contribution in [2.45, 2.75) is 51.1 Å². The molecule has 0 aliphatic carbocycles. The normalized spacial score (nSPS) is 17.8. The quantitative estimate of drug-likeness (QED) is 0.554. The predicted molar refractivity (Wildman–Crippen MR) is 140 cm³/mol. The Labute approximate surface area is 213 Å². The summed E-state index contributed by atoms with van der Waals surface area (Å²) in [5.41, 5.74) is 1.21. The van der Waals surface area contributed by atoms with Gasteiger partial charge in [-0.1, -0.05) is 61.9 Å². The van der Waals surface area contributed by atoms with E-state index in [0.717, 1.165) is 24.1 Å². The van der Waals surface area contributed by atoms with Crippen LogP contribution in [-0.4, -0.2) is 66.0 Å². The van der Waals surface area contributed by atoms with Crippen molar-refractivity contribution in [2.75, 3.05) is 37.7 Å². The summed E-state index contributed by atoms with van der Waals surface area (Å²) in [6.07, 6.45) is 3.03. The van der Waals surface area contributed by atoms with Crippen LogP contribution < -0.4 is 15.5 Å². The highest BCUT2D eigenvalue weighted by molar-refractivity contribution is 5.96. The molecule has 0 unspecified atom stereocenters. The van der Waals surface area contributed by atoms with Crippen molar-refractivity contribution in [3.05, 3.63) is 66.2 Å². The maximum absolute atomic E-state index is 13.8. The lowest BCUT2D eigenvalue weighted by atomic mass is 9.85. The highest BCUT2D eigenvalue weighted by Crippen LogP contribution is 2.39. The molecular weight excluding hydrogens is 454 g/mol. The fourth-order valence-corrected chi connectivity index (χ4v) is 5.17. The van der Waals surface area contributed by atoms with E-state index < -0.39 is 5.54 Å². The first-order valence-corrected chi connectivity index (χ1v) is 12.9. The number of carbonyl (C=O) groups is 3. The number of hydrogen-bond donors (Lipinski definition) is 2. The van der Waals surface area contributed by atoms with Crippen molar-refractivity contribution in [3.63, 3.8) is 0 Å². The van der Waals surface area contributed by atoms with Crippen LogP contribution >= 0.6 is 0 Å². The zero-order chi connectivity index (χ0) is 25.5. The van der Waals surface area contributed by atoms with Gasteiger partial charge in [-0.15, -0.1) is 0 Å². The van der Waals surface area contributed by atoms with E-state index >= 15 is 0 Å². The second-order valence-corrected chi connectivity index (χ2v) is 9.71. The minimum Gasteiger partial charge on any atom is -0.348 e. The first-order chi connectivity index (χ1) is 17.4. The molecule has 2 saturated heterocycles. The molecule has 8 nitrogen and oxygen atoms in total. The fraction of sp³-hybridized carbons (Fsp3) is 0.464. The van der Waals surface area contributed by atoms with Crippen LogP contribution in [0, 0.1) is 0 Å². The Morgan fingerprint density at radius 1 is 1.00 bits per heavy atom. The van der Waals surface area contributed by atoms with Gasteiger partial charge in [0.25, 0.3) is 5.91 Å². The SMILES string of the molecule is CCCCNC(=O)N1CCC2(CC1)C(=O)N(CC(=O)N[C@@H](C)c1ccccc1)CN2c1ccccc1. The zero-order valence-electron chi connectivity index (χ0n) is 21.3. The second kappa shape index (κ2) is 11.5. The van der Waals surface area contributed by atoms with Gasteiger partial charge in [-0.05, 0) is 43.9 Å². The molecule has 2 heterocycles. The molecule has 1 atom stereocenters. The summed E-state index contributed by atoms with van der Waals surface area (Å²) < 4.78 is 0. The summed E-state index contributed by atoms with van der Waals surface area (Å²) in [5.74, 6) is -0.225. The van der Waals surface area contributed by atoms with E-state index in [0.29, 0.717) is 39.1 Å². The molecule has 2 aromatic rings. The number of likely N-dealkylation sites (tertiary alicyclic amines) is 1. The molecular formula is C28H37N5O3. The molecule has 4 amide bonds. The highest BCUT2D eigenvalue weighted by Gasteiger charge is 2.54. The van der Waals surface area contributed by atoms with Crippen LogP contribution in [0.5, 0.6) is 0 Å².